The van der Waals surface area contributed by atoms with Crippen molar-refractivity contribution in [2.45, 2.75) is 13.3 Å². The fourth-order valence-corrected chi connectivity index (χ4v) is 3.81. The second-order valence-corrected chi connectivity index (χ2v) is 7.52. The summed E-state index contributed by atoms with van der Waals surface area (Å²) >= 11 is 1.35. The van der Waals surface area contributed by atoms with Gasteiger partial charge in [-0.15, -0.1) is 0 Å². The number of nitrogens with zero attached hydrogens (tertiary/aromatic N) is 3. The summed E-state index contributed by atoms with van der Waals surface area (Å²) in [5, 5.41) is 0.539. The molecule has 0 aliphatic rings. The van der Waals surface area contributed by atoms with Crippen LogP contribution in [0.4, 0.5) is 9.52 Å². The first-order chi connectivity index (χ1) is 12.5. The number of aromatic nitrogens is 1. The Bertz CT molecular complexity index is 922. The minimum absolute atomic E-state index is 0.0960. The lowest BCUT2D eigenvalue weighted by Gasteiger charge is -2.21. The van der Waals surface area contributed by atoms with Crippen LogP contribution in [0.25, 0.3) is 10.2 Å². The van der Waals surface area contributed by atoms with Gasteiger partial charge in [0.15, 0.2) is 5.13 Å². The number of carbonyl (C=O) groups excluding carboxylic acids is 1. The second kappa shape index (κ2) is 7.93. The maximum atomic E-state index is 14.0. The van der Waals surface area contributed by atoms with Crippen molar-refractivity contribution in [3.8, 4) is 0 Å². The highest BCUT2D eigenvalue weighted by Gasteiger charge is 2.22. The summed E-state index contributed by atoms with van der Waals surface area (Å²) in [6.45, 7) is 3.31. The summed E-state index contributed by atoms with van der Waals surface area (Å²) in [5.74, 6) is -0.456. The molecule has 0 aliphatic heterocycles. The molecule has 0 aliphatic carbocycles. The molecule has 6 heteroatoms. The van der Waals surface area contributed by atoms with Crippen LogP contribution >= 0.6 is 11.3 Å². The van der Waals surface area contributed by atoms with Crippen molar-refractivity contribution in [2.24, 2.45) is 0 Å². The normalized spacial score (nSPS) is 11.3. The molecule has 4 nitrogen and oxygen atoms in total. The fraction of sp³-hybridized carbons (Fsp3) is 0.300. The Morgan fingerprint density at radius 2 is 1.88 bits per heavy atom. The van der Waals surface area contributed by atoms with Crippen LogP contribution < -0.4 is 4.90 Å². The number of rotatable bonds is 6. The average Bonchev–Trinajstić information content (AvgIpc) is 3.03. The summed E-state index contributed by atoms with van der Waals surface area (Å²) in [4.78, 5) is 21.4. The van der Waals surface area contributed by atoms with Gasteiger partial charge in [-0.25, -0.2) is 9.37 Å². The van der Waals surface area contributed by atoms with Gasteiger partial charge >= 0.3 is 0 Å². The monoisotopic (exact) mass is 371 g/mol. The first kappa shape index (κ1) is 18.5. The molecule has 0 saturated heterocycles. The smallest absolute Gasteiger partial charge is 0.260 e. The summed E-state index contributed by atoms with van der Waals surface area (Å²) < 4.78 is 14.8. The standard InChI is InChI=1S/C20H22FN3OS/c1-14-8-4-5-9-15(14)19(25)24(13-7-12-23(2)3)20-22-18-16(21)10-6-11-17(18)26-20/h4-6,8-11H,7,12-13H2,1-3H3. The number of benzene rings is 2. The molecule has 1 heterocycles. The van der Waals surface area contributed by atoms with E-state index in [0.717, 1.165) is 23.2 Å². The molecule has 0 N–H and O–H groups in total. The van der Waals surface area contributed by atoms with E-state index in [2.05, 4.69) is 9.88 Å². The van der Waals surface area contributed by atoms with E-state index in [1.54, 1.807) is 11.0 Å². The van der Waals surface area contributed by atoms with Crippen molar-refractivity contribution < 1.29 is 9.18 Å². The van der Waals surface area contributed by atoms with Crippen LogP contribution in [-0.2, 0) is 0 Å². The molecule has 3 aromatic rings. The van der Waals surface area contributed by atoms with E-state index in [1.807, 2.05) is 51.4 Å². The number of anilines is 1. The SMILES string of the molecule is Cc1ccccc1C(=O)N(CCCN(C)C)c1nc2c(F)cccc2s1. The molecule has 0 atom stereocenters. The highest BCUT2D eigenvalue weighted by molar-refractivity contribution is 7.22. The van der Waals surface area contributed by atoms with E-state index < -0.39 is 0 Å². The minimum Gasteiger partial charge on any atom is -0.309 e. The molecular weight excluding hydrogens is 349 g/mol. The van der Waals surface area contributed by atoms with Gasteiger partial charge in [0.05, 0.1) is 4.70 Å². The zero-order valence-electron chi connectivity index (χ0n) is 15.2. The Hall–Kier alpha value is -2.31. The van der Waals surface area contributed by atoms with Gasteiger partial charge in [-0.1, -0.05) is 35.6 Å². The van der Waals surface area contributed by atoms with Gasteiger partial charge in [-0.05, 0) is 57.7 Å². The molecular formula is C20H22FN3OS. The maximum Gasteiger partial charge on any atom is 0.260 e. The molecule has 0 bridgehead atoms. The molecule has 0 spiro atoms. The number of para-hydroxylation sites is 1. The Labute approximate surface area is 156 Å². The third-order valence-electron chi connectivity index (χ3n) is 4.20. The molecule has 1 aromatic heterocycles. The third-order valence-corrected chi connectivity index (χ3v) is 5.24. The maximum absolute atomic E-state index is 14.0. The van der Waals surface area contributed by atoms with Crippen LogP contribution in [0.1, 0.15) is 22.3 Å². The van der Waals surface area contributed by atoms with Crippen LogP contribution in [0.5, 0.6) is 0 Å². The van der Waals surface area contributed by atoms with Gasteiger partial charge in [0.2, 0.25) is 0 Å². The Kier molecular flexibility index (Phi) is 5.64. The highest BCUT2D eigenvalue weighted by Crippen LogP contribution is 2.31. The van der Waals surface area contributed by atoms with Crippen LogP contribution in [0, 0.1) is 12.7 Å². The largest absolute Gasteiger partial charge is 0.309 e. The lowest BCUT2D eigenvalue weighted by Crippen LogP contribution is -2.33. The molecule has 0 radical (unpaired) electrons. The van der Waals surface area contributed by atoms with Crippen LogP contribution in [0.2, 0.25) is 0 Å². The topological polar surface area (TPSA) is 36.4 Å². The number of hydrogen-bond acceptors (Lipinski definition) is 4. The van der Waals surface area contributed by atoms with Crippen molar-refractivity contribution in [3.05, 3.63) is 59.4 Å². The van der Waals surface area contributed by atoms with Crippen molar-refractivity contribution in [3.63, 3.8) is 0 Å². The third kappa shape index (κ3) is 3.92. The number of halogens is 1. The highest BCUT2D eigenvalue weighted by atomic mass is 32.1. The van der Waals surface area contributed by atoms with Gasteiger partial charge in [0.1, 0.15) is 11.3 Å². The van der Waals surface area contributed by atoms with E-state index in [0.29, 0.717) is 22.8 Å². The number of aryl methyl sites for hydroxylation is 1. The van der Waals surface area contributed by atoms with Crippen molar-refractivity contribution >= 4 is 32.6 Å². The zero-order valence-corrected chi connectivity index (χ0v) is 16.0. The van der Waals surface area contributed by atoms with Gasteiger partial charge in [0, 0.05) is 12.1 Å². The van der Waals surface area contributed by atoms with Crippen molar-refractivity contribution in [1.82, 2.24) is 9.88 Å². The predicted molar refractivity (Wildman–Crippen MR) is 106 cm³/mol. The van der Waals surface area contributed by atoms with Crippen molar-refractivity contribution in [1.29, 1.82) is 0 Å². The average molecular weight is 371 g/mol. The molecule has 0 unspecified atom stereocenters. The first-order valence-electron chi connectivity index (χ1n) is 8.54. The molecule has 3 rings (SSSR count). The Morgan fingerprint density at radius 3 is 2.58 bits per heavy atom. The molecule has 1 amide bonds. The van der Waals surface area contributed by atoms with Gasteiger partial charge in [0.25, 0.3) is 5.91 Å². The van der Waals surface area contributed by atoms with E-state index in [1.165, 1.54) is 17.4 Å². The van der Waals surface area contributed by atoms with Gasteiger partial charge in [-0.3, -0.25) is 9.69 Å². The number of carbonyl (C=O) groups is 1. The lowest BCUT2D eigenvalue weighted by molar-refractivity contribution is 0.0985. The number of fused-ring (bicyclic) bond motifs is 1. The molecule has 2 aromatic carbocycles. The van der Waals surface area contributed by atoms with Gasteiger partial charge < -0.3 is 4.90 Å². The quantitative estimate of drug-likeness (QED) is 0.647. The van der Waals surface area contributed by atoms with E-state index in [9.17, 15) is 9.18 Å². The number of amides is 1. The van der Waals surface area contributed by atoms with Crippen molar-refractivity contribution in [2.75, 3.05) is 32.1 Å². The second-order valence-electron chi connectivity index (χ2n) is 6.51. The minimum atomic E-state index is -0.360. The molecule has 0 saturated carbocycles. The number of thiazole rings is 1. The fourth-order valence-electron chi connectivity index (χ4n) is 2.81. The molecule has 136 valence electrons. The summed E-state index contributed by atoms with van der Waals surface area (Å²) in [6, 6.07) is 12.4. The summed E-state index contributed by atoms with van der Waals surface area (Å²) in [5.41, 5.74) is 1.89. The zero-order chi connectivity index (χ0) is 18.7. The van der Waals surface area contributed by atoms with E-state index in [-0.39, 0.29) is 11.7 Å². The Balaban J connectivity index is 1.97. The molecule has 0 fully saturated rings. The summed E-state index contributed by atoms with van der Waals surface area (Å²) in [6.07, 6.45) is 0.809. The van der Waals surface area contributed by atoms with Crippen LogP contribution in [0.15, 0.2) is 42.5 Å². The predicted octanol–water partition coefficient (Wildman–Crippen LogP) is 4.34. The number of hydrogen-bond donors (Lipinski definition) is 0. The van der Waals surface area contributed by atoms with Crippen LogP contribution in [0.3, 0.4) is 0 Å². The van der Waals surface area contributed by atoms with E-state index >= 15 is 0 Å². The van der Waals surface area contributed by atoms with Crippen LogP contribution in [-0.4, -0.2) is 43.0 Å². The van der Waals surface area contributed by atoms with Gasteiger partial charge in [-0.2, -0.15) is 0 Å². The Morgan fingerprint density at radius 1 is 1.12 bits per heavy atom. The summed E-state index contributed by atoms with van der Waals surface area (Å²) in [7, 11) is 4.00. The lowest BCUT2D eigenvalue weighted by atomic mass is 10.1. The van der Waals surface area contributed by atoms with E-state index in [4.69, 9.17) is 0 Å². The first-order valence-corrected chi connectivity index (χ1v) is 9.36. The molecule has 26 heavy (non-hydrogen) atoms.